The Kier molecular flexibility index (Phi) is 5.77. The molecular weight excluding hydrogens is 360 g/mol. The first kappa shape index (κ1) is 20.1. The molecule has 1 aliphatic carbocycles. The van der Waals surface area contributed by atoms with Crippen molar-refractivity contribution in [3.8, 4) is 0 Å². The highest BCUT2D eigenvalue weighted by Crippen LogP contribution is 2.33. The Morgan fingerprint density at radius 3 is 2.45 bits per heavy atom. The van der Waals surface area contributed by atoms with E-state index in [1.165, 1.54) is 49.7 Å². The molecule has 0 unspecified atom stereocenters. The molecule has 0 N–H and O–H groups in total. The van der Waals surface area contributed by atoms with Crippen LogP contribution in [0.3, 0.4) is 0 Å². The SMILES string of the molecule is CCc1c(C)nc2n(c1=O)CN(C1CCCCCC1)CN2c1cccc(C)c1C. The van der Waals surface area contributed by atoms with Crippen LogP contribution in [0.15, 0.2) is 23.0 Å². The highest BCUT2D eigenvalue weighted by atomic mass is 16.1. The molecule has 1 saturated carbocycles. The lowest BCUT2D eigenvalue weighted by molar-refractivity contribution is 0.123. The van der Waals surface area contributed by atoms with Gasteiger partial charge in [-0.25, -0.2) is 4.98 Å². The van der Waals surface area contributed by atoms with E-state index in [-0.39, 0.29) is 5.56 Å². The number of hydrogen-bond donors (Lipinski definition) is 0. The minimum atomic E-state index is 0.128. The van der Waals surface area contributed by atoms with Gasteiger partial charge < -0.3 is 0 Å². The maximum absolute atomic E-state index is 13.4. The number of rotatable bonds is 3. The maximum atomic E-state index is 13.4. The van der Waals surface area contributed by atoms with Crippen LogP contribution in [0.2, 0.25) is 0 Å². The fraction of sp³-hybridized carbons (Fsp3) is 0.583. The Morgan fingerprint density at radius 2 is 1.76 bits per heavy atom. The number of benzene rings is 1. The molecule has 0 saturated heterocycles. The van der Waals surface area contributed by atoms with Crippen LogP contribution in [0.4, 0.5) is 11.6 Å². The Labute approximate surface area is 174 Å². The van der Waals surface area contributed by atoms with Gasteiger partial charge in [-0.2, -0.15) is 0 Å². The zero-order valence-electron chi connectivity index (χ0n) is 18.4. The van der Waals surface area contributed by atoms with Crippen LogP contribution in [-0.2, 0) is 13.1 Å². The molecule has 2 aliphatic rings. The molecule has 0 spiro atoms. The van der Waals surface area contributed by atoms with E-state index >= 15 is 0 Å². The molecule has 0 amide bonds. The Bertz CT molecular complexity index is 941. The fourth-order valence-electron chi connectivity index (χ4n) is 4.96. The zero-order chi connectivity index (χ0) is 20.5. The molecule has 2 heterocycles. The molecule has 1 aromatic heterocycles. The largest absolute Gasteiger partial charge is 0.298 e. The lowest BCUT2D eigenvalue weighted by Gasteiger charge is -2.42. The summed E-state index contributed by atoms with van der Waals surface area (Å²) < 4.78 is 1.92. The van der Waals surface area contributed by atoms with Crippen molar-refractivity contribution in [3.63, 3.8) is 0 Å². The van der Waals surface area contributed by atoms with Gasteiger partial charge in [0.2, 0.25) is 5.95 Å². The summed E-state index contributed by atoms with van der Waals surface area (Å²) in [5.41, 5.74) is 5.52. The third-order valence-electron chi connectivity index (χ3n) is 6.90. The average molecular weight is 395 g/mol. The lowest BCUT2D eigenvalue weighted by Crippen LogP contribution is -2.51. The number of hydrogen-bond acceptors (Lipinski definition) is 4. The van der Waals surface area contributed by atoms with Gasteiger partial charge in [0, 0.05) is 23.0 Å². The van der Waals surface area contributed by atoms with Crippen molar-refractivity contribution in [2.24, 2.45) is 0 Å². The first-order valence-electron chi connectivity index (χ1n) is 11.2. The normalized spacial score (nSPS) is 18.6. The summed E-state index contributed by atoms with van der Waals surface area (Å²) in [6.07, 6.45) is 8.43. The third kappa shape index (κ3) is 3.73. The van der Waals surface area contributed by atoms with E-state index in [0.717, 1.165) is 36.0 Å². The lowest BCUT2D eigenvalue weighted by atomic mass is 10.1. The van der Waals surface area contributed by atoms with Gasteiger partial charge in [0.25, 0.3) is 5.56 Å². The third-order valence-corrected chi connectivity index (χ3v) is 6.90. The Morgan fingerprint density at radius 1 is 1.03 bits per heavy atom. The molecule has 1 aromatic carbocycles. The molecule has 0 atom stereocenters. The smallest absolute Gasteiger partial charge is 0.259 e. The quantitative estimate of drug-likeness (QED) is 0.700. The first-order chi connectivity index (χ1) is 14.0. The van der Waals surface area contributed by atoms with Gasteiger partial charge in [-0.3, -0.25) is 19.2 Å². The molecular formula is C24H34N4O. The molecule has 2 aromatic rings. The van der Waals surface area contributed by atoms with E-state index in [1.54, 1.807) is 0 Å². The Hall–Kier alpha value is -2.14. The molecule has 0 radical (unpaired) electrons. The van der Waals surface area contributed by atoms with Crippen LogP contribution in [0.1, 0.15) is 67.8 Å². The molecule has 156 valence electrons. The van der Waals surface area contributed by atoms with Crippen LogP contribution in [-0.4, -0.2) is 27.2 Å². The van der Waals surface area contributed by atoms with E-state index in [2.05, 4.69) is 41.8 Å². The number of aryl methyl sites for hydroxylation is 2. The second kappa shape index (κ2) is 8.31. The summed E-state index contributed by atoms with van der Waals surface area (Å²) >= 11 is 0. The zero-order valence-corrected chi connectivity index (χ0v) is 18.4. The van der Waals surface area contributed by atoms with E-state index in [1.807, 2.05) is 18.4 Å². The van der Waals surface area contributed by atoms with E-state index in [0.29, 0.717) is 12.7 Å². The molecule has 1 aliphatic heterocycles. The minimum Gasteiger partial charge on any atom is -0.298 e. The fourth-order valence-corrected chi connectivity index (χ4v) is 4.96. The van der Waals surface area contributed by atoms with Gasteiger partial charge in [-0.1, -0.05) is 44.7 Å². The summed E-state index contributed by atoms with van der Waals surface area (Å²) in [5.74, 6) is 0.795. The molecule has 5 heteroatoms. The van der Waals surface area contributed by atoms with Crippen LogP contribution >= 0.6 is 0 Å². The maximum Gasteiger partial charge on any atom is 0.259 e. The topological polar surface area (TPSA) is 41.4 Å². The van der Waals surface area contributed by atoms with Crippen molar-refractivity contribution >= 4 is 11.6 Å². The number of anilines is 2. The molecule has 4 rings (SSSR count). The van der Waals surface area contributed by atoms with E-state index in [4.69, 9.17) is 4.98 Å². The van der Waals surface area contributed by atoms with Gasteiger partial charge in [-0.15, -0.1) is 0 Å². The molecule has 29 heavy (non-hydrogen) atoms. The second-order valence-electron chi connectivity index (χ2n) is 8.73. The predicted molar refractivity (Wildman–Crippen MR) is 119 cm³/mol. The van der Waals surface area contributed by atoms with E-state index < -0.39 is 0 Å². The van der Waals surface area contributed by atoms with Crippen molar-refractivity contribution in [3.05, 3.63) is 50.9 Å². The van der Waals surface area contributed by atoms with Gasteiger partial charge in [0.15, 0.2) is 0 Å². The predicted octanol–water partition coefficient (Wildman–Crippen LogP) is 4.82. The van der Waals surface area contributed by atoms with Gasteiger partial charge in [-0.05, 0) is 57.2 Å². The number of nitrogens with zero attached hydrogens (tertiary/aromatic N) is 4. The van der Waals surface area contributed by atoms with Gasteiger partial charge in [0.1, 0.15) is 0 Å². The van der Waals surface area contributed by atoms with Crippen molar-refractivity contribution < 1.29 is 0 Å². The Balaban J connectivity index is 1.83. The standard InChI is InChI=1S/C24H34N4O/c1-5-21-19(4)25-24-27(22-14-10-11-17(2)18(22)3)15-26(16-28(24)23(21)29)20-12-8-6-7-9-13-20/h10-11,14,20H,5-9,12-13,15-16H2,1-4H3. The first-order valence-corrected chi connectivity index (χ1v) is 11.2. The minimum absolute atomic E-state index is 0.128. The summed E-state index contributed by atoms with van der Waals surface area (Å²) in [4.78, 5) is 23.1. The van der Waals surface area contributed by atoms with Crippen molar-refractivity contribution in [1.29, 1.82) is 0 Å². The molecule has 0 bridgehead atoms. The summed E-state index contributed by atoms with van der Waals surface area (Å²) in [6.45, 7) is 9.79. The van der Waals surface area contributed by atoms with Crippen LogP contribution in [0, 0.1) is 20.8 Å². The van der Waals surface area contributed by atoms with Crippen LogP contribution in [0.25, 0.3) is 0 Å². The number of aromatic nitrogens is 2. The van der Waals surface area contributed by atoms with Gasteiger partial charge in [0.05, 0.1) is 13.3 Å². The summed E-state index contributed by atoms with van der Waals surface area (Å²) in [7, 11) is 0. The van der Waals surface area contributed by atoms with Crippen molar-refractivity contribution in [2.75, 3.05) is 11.6 Å². The van der Waals surface area contributed by atoms with Crippen molar-refractivity contribution in [1.82, 2.24) is 14.5 Å². The average Bonchev–Trinajstić information content (AvgIpc) is 3.00. The summed E-state index contributed by atoms with van der Waals surface area (Å²) in [6, 6.07) is 6.96. The second-order valence-corrected chi connectivity index (χ2v) is 8.73. The van der Waals surface area contributed by atoms with Crippen LogP contribution < -0.4 is 10.5 Å². The monoisotopic (exact) mass is 394 g/mol. The van der Waals surface area contributed by atoms with Crippen molar-refractivity contribution in [2.45, 2.75) is 85.4 Å². The summed E-state index contributed by atoms with van der Waals surface area (Å²) in [5, 5.41) is 0. The highest BCUT2D eigenvalue weighted by molar-refractivity contribution is 5.64. The molecule has 1 fully saturated rings. The van der Waals surface area contributed by atoms with Crippen LogP contribution in [0.5, 0.6) is 0 Å². The van der Waals surface area contributed by atoms with Gasteiger partial charge >= 0.3 is 0 Å². The van der Waals surface area contributed by atoms with E-state index in [9.17, 15) is 4.79 Å². The molecule has 5 nitrogen and oxygen atoms in total. The number of fused-ring (bicyclic) bond motifs is 1. The highest BCUT2D eigenvalue weighted by Gasteiger charge is 2.32.